The first-order chi connectivity index (χ1) is 14.9. The van der Waals surface area contributed by atoms with Crippen molar-refractivity contribution in [1.82, 2.24) is 4.57 Å². The van der Waals surface area contributed by atoms with Gasteiger partial charge in [0.1, 0.15) is 5.75 Å². The Hall–Kier alpha value is -3.41. The summed E-state index contributed by atoms with van der Waals surface area (Å²) in [5.74, 6) is 1.09. The number of aromatic nitrogens is 1. The normalized spacial score (nSPS) is 12.2. The number of methoxy groups -OCH3 is 2. The average Bonchev–Trinajstić information content (AvgIpc) is 3.07. The Bertz CT molecular complexity index is 1180. The predicted molar refractivity (Wildman–Crippen MR) is 119 cm³/mol. The lowest BCUT2D eigenvalue weighted by Gasteiger charge is -2.23. The number of aromatic hydroxyl groups is 1. The van der Waals surface area contributed by atoms with Gasteiger partial charge in [0.05, 0.1) is 32.1 Å². The van der Waals surface area contributed by atoms with Crippen LogP contribution in [0.2, 0.25) is 0 Å². The van der Waals surface area contributed by atoms with E-state index >= 15 is 0 Å². The van der Waals surface area contributed by atoms with Gasteiger partial charge in [-0.2, -0.15) is 0 Å². The summed E-state index contributed by atoms with van der Waals surface area (Å²) in [6.45, 7) is 6.66. The number of phenolic OH excluding ortho intramolecular Hbond substituents is 1. The minimum atomic E-state index is -0.378. The third kappa shape index (κ3) is 3.32. The van der Waals surface area contributed by atoms with E-state index in [9.17, 15) is 9.90 Å². The SMILES string of the molecule is CCOC(=O)c1c(-c2ccc(C)c(O)c2)c(C)n2c1-c1cc(OC)c(OC)cc1CC2. The van der Waals surface area contributed by atoms with Crippen molar-refractivity contribution in [2.24, 2.45) is 0 Å². The molecule has 0 aliphatic carbocycles. The van der Waals surface area contributed by atoms with Gasteiger partial charge in [-0.05, 0) is 62.1 Å². The molecule has 2 aromatic carbocycles. The van der Waals surface area contributed by atoms with Crippen LogP contribution in [0, 0.1) is 13.8 Å². The molecule has 0 bridgehead atoms. The van der Waals surface area contributed by atoms with Crippen LogP contribution in [0.4, 0.5) is 0 Å². The van der Waals surface area contributed by atoms with Crippen molar-refractivity contribution in [1.29, 1.82) is 0 Å². The number of carbonyl (C=O) groups excluding carboxylic acids is 1. The standard InChI is InChI=1S/C25H27NO5/c1-6-31-25(28)23-22(17-8-7-14(2)19(27)11-17)15(3)26-10-9-16-12-20(29-4)21(30-5)13-18(16)24(23)26/h7-8,11-13,27H,6,9-10H2,1-5H3. The molecular weight excluding hydrogens is 394 g/mol. The molecule has 0 fully saturated rings. The van der Waals surface area contributed by atoms with Crippen molar-refractivity contribution in [2.75, 3.05) is 20.8 Å². The number of esters is 1. The molecule has 2 heterocycles. The number of ether oxygens (including phenoxy) is 3. The van der Waals surface area contributed by atoms with Gasteiger partial charge in [0.15, 0.2) is 11.5 Å². The number of hydrogen-bond acceptors (Lipinski definition) is 5. The lowest BCUT2D eigenvalue weighted by Crippen LogP contribution is -2.15. The second-order valence-electron chi connectivity index (χ2n) is 7.67. The Morgan fingerprint density at radius 3 is 2.45 bits per heavy atom. The lowest BCUT2D eigenvalue weighted by molar-refractivity contribution is 0.0528. The van der Waals surface area contributed by atoms with Crippen molar-refractivity contribution in [2.45, 2.75) is 33.7 Å². The molecule has 1 N–H and O–H groups in total. The van der Waals surface area contributed by atoms with Crippen LogP contribution in [0.5, 0.6) is 17.2 Å². The number of fused-ring (bicyclic) bond motifs is 3. The molecule has 162 valence electrons. The molecule has 0 spiro atoms. The fraction of sp³-hybridized carbons (Fsp3) is 0.320. The highest BCUT2D eigenvalue weighted by molar-refractivity contribution is 6.05. The van der Waals surface area contributed by atoms with Crippen molar-refractivity contribution in [3.8, 4) is 39.6 Å². The van der Waals surface area contributed by atoms with Gasteiger partial charge >= 0.3 is 5.97 Å². The van der Waals surface area contributed by atoms with Crippen LogP contribution < -0.4 is 9.47 Å². The highest BCUT2D eigenvalue weighted by Gasteiger charge is 2.32. The molecule has 0 atom stereocenters. The number of hydrogen-bond donors (Lipinski definition) is 1. The third-order valence-electron chi connectivity index (χ3n) is 5.97. The summed E-state index contributed by atoms with van der Waals surface area (Å²) >= 11 is 0. The molecule has 31 heavy (non-hydrogen) atoms. The first kappa shape index (κ1) is 20.8. The minimum Gasteiger partial charge on any atom is -0.508 e. The van der Waals surface area contributed by atoms with E-state index < -0.39 is 0 Å². The number of rotatable bonds is 5. The fourth-order valence-electron chi connectivity index (χ4n) is 4.40. The molecule has 0 unspecified atom stereocenters. The van der Waals surface area contributed by atoms with Gasteiger partial charge in [-0.1, -0.05) is 12.1 Å². The molecule has 0 radical (unpaired) electrons. The van der Waals surface area contributed by atoms with Crippen LogP contribution in [0.3, 0.4) is 0 Å². The molecule has 0 saturated heterocycles. The van der Waals surface area contributed by atoms with Gasteiger partial charge in [0.2, 0.25) is 0 Å². The number of benzene rings is 2. The highest BCUT2D eigenvalue weighted by atomic mass is 16.5. The summed E-state index contributed by atoms with van der Waals surface area (Å²) in [7, 11) is 3.22. The second-order valence-corrected chi connectivity index (χ2v) is 7.67. The van der Waals surface area contributed by atoms with E-state index in [-0.39, 0.29) is 18.3 Å². The first-order valence-corrected chi connectivity index (χ1v) is 10.4. The Labute approximate surface area is 182 Å². The topological polar surface area (TPSA) is 69.9 Å². The fourth-order valence-corrected chi connectivity index (χ4v) is 4.40. The van der Waals surface area contributed by atoms with E-state index in [2.05, 4.69) is 4.57 Å². The lowest BCUT2D eigenvalue weighted by atomic mass is 9.93. The molecule has 6 heteroatoms. The molecule has 1 aliphatic heterocycles. The molecule has 0 amide bonds. The molecule has 1 aromatic heterocycles. The van der Waals surface area contributed by atoms with Crippen LogP contribution in [0.25, 0.3) is 22.4 Å². The van der Waals surface area contributed by atoms with Crippen LogP contribution in [0.15, 0.2) is 30.3 Å². The summed E-state index contributed by atoms with van der Waals surface area (Å²) in [4.78, 5) is 13.2. The van der Waals surface area contributed by atoms with Gasteiger partial charge < -0.3 is 23.9 Å². The zero-order chi connectivity index (χ0) is 22.3. The van der Waals surface area contributed by atoms with Crippen molar-refractivity contribution in [3.63, 3.8) is 0 Å². The van der Waals surface area contributed by atoms with E-state index in [1.807, 2.05) is 38.1 Å². The summed E-state index contributed by atoms with van der Waals surface area (Å²) < 4.78 is 18.6. The van der Waals surface area contributed by atoms with E-state index in [0.29, 0.717) is 17.1 Å². The smallest absolute Gasteiger partial charge is 0.340 e. The summed E-state index contributed by atoms with van der Waals surface area (Å²) in [5, 5.41) is 10.3. The number of nitrogens with zero attached hydrogens (tertiary/aromatic N) is 1. The number of phenols is 1. The predicted octanol–water partition coefficient (Wildman–Crippen LogP) is 4.89. The van der Waals surface area contributed by atoms with Crippen LogP contribution in [-0.4, -0.2) is 36.5 Å². The van der Waals surface area contributed by atoms with Gasteiger partial charge in [-0.25, -0.2) is 4.79 Å². The molecule has 3 aromatic rings. The molecule has 1 aliphatic rings. The summed E-state index contributed by atoms with van der Waals surface area (Å²) in [5.41, 5.74) is 6.65. The third-order valence-corrected chi connectivity index (χ3v) is 5.97. The maximum Gasteiger partial charge on any atom is 0.340 e. The quantitative estimate of drug-likeness (QED) is 0.594. The first-order valence-electron chi connectivity index (χ1n) is 10.4. The van der Waals surface area contributed by atoms with Gasteiger partial charge in [-0.15, -0.1) is 0 Å². The maximum absolute atomic E-state index is 13.2. The Kier molecular flexibility index (Phi) is 5.39. The van der Waals surface area contributed by atoms with Crippen molar-refractivity contribution in [3.05, 3.63) is 52.7 Å². The van der Waals surface area contributed by atoms with Crippen LogP contribution in [0.1, 0.15) is 34.1 Å². The summed E-state index contributed by atoms with van der Waals surface area (Å²) in [6.07, 6.45) is 0.805. The molecule has 6 nitrogen and oxygen atoms in total. The van der Waals surface area contributed by atoms with E-state index in [1.165, 1.54) is 0 Å². The molecular formula is C25H27NO5. The van der Waals surface area contributed by atoms with E-state index in [1.54, 1.807) is 27.2 Å². The second kappa shape index (κ2) is 8.02. The van der Waals surface area contributed by atoms with Crippen LogP contribution in [-0.2, 0) is 17.7 Å². The Balaban J connectivity index is 2.04. The van der Waals surface area contributed by atoms with E-state index in [4.69, 9.17) is 14.2 Å². The van der Waals surface area contributed by atoms with Gasteiger partial charge in [0, 0.05) is 23.4 Å². The molecule has 0 saturated carbocycles. The largest absolute Gasteiger partial charge is 0.508 e. The van der Waals surface area contributed by atoms with Gasteiger partial charge in [0.25, 0.3) is 0 Å². The maximum atomic E-state index is 13.2. The number of carbonyl (C=O) groups is 1. The van der Waals surface area contributed by atoms with Gasteiger partial charge in [-0.3, -0.25) is 0 Å². The van der Waals surface area contributed by atoms with Crippen LogP contribution >= 0.6 is 0 Å². The Morgan fingerprint density at radius 2 is 1.81 bits per heavy atom. The highest BCUT2D eigenvalue weighted by Crippen LogP contribution is 2.45. The minimum absolute atomic E-state index is 0.197. The van der Waals surface area contributed by atoms with Crippen molar-refractivity contribution >= 4 is 5.97 Å². The summed E-state index contributed by atoms with van der Waals surface area (Å²) in [6, 6.07) is 9.41. The zero-order valence-corrected chi connectivity index (χ0v) is 18.5. The van der Waals surface area contributed by atoms with E-state index in [0.717, 1.165) is 52.2 Å². The zero-order valence-electron chi connectivity index (χ0n) is 18.5. The monoisotopic (exact) mass is 421 g/mol. The average molecular weight is 421 g/mol. The molecule has 4 rings (SSSR count). The number of aryl methyl sites for hydroxylation is 2. The Morgan fingerprint density at radius 1 is 1.10 bits per heavy atom. The van der Waals surface area contributed by atoms with Crippen molar-refractivity contribution < 1.29 is 24.1 Å².